The highest BCUT2D eigenvalue weighted by Gasteiger charge is 2.03. The van der Waals surface area contributed by atoms with E-state index in [4.69, 9.17) is 10.2 Å². The highest BCUT2D eigenvalue weighted by molar-refractivity contribution is 5.64. The van der Waals surface area contributed by atoms with Crippen molar-refractivity contribution in [2.45, 2.75) is 13.2 Å². The number of rotatable bonds is 3. The highest BCUT2D eigenvalue weighted by atomic mass is 16.5. The third kappa shape index (κ3) is 2.24. The Bertz CT molecular complexity index is 270. The van der Waals surface area contributed by atoms with Gasteiger partial charge in [-0.05, 0) is 0 Å². The van der Waals surface area contributed by atoms with E-state index in [1.54, 1.807) is 0 Å². The van der Waals surface area contributed by atoms with Crippen LogP contribution in [0.25, 0.3) is 0 Å². The summed E-state index contributed by atoms with van der Waals surface area (Å²) in [5.41, 5.74) is 0.386. The predicted octanol–water partition coefficient (Wildman–Crippen LogP) is -0.0655. The minimum atomic E-state index is -1.13. The van der Waals surface area contributed by atoms with Gasteiger partial charge in [-0.1, -0.05) is 5.16 Å². The minimum absolute atomic E-state index is 0.0579. The van der Waals surface area contributed by atoms with Gasteiger partial charge in [-0.3, -0.25) is 0 Å². The van der Waals surface area contributed by atoms with Crippen LogP contribution < -0.4 is 5.32 Å². The highest BCUT2D eigenvalue weighted by Crippen LogP contribution is 2.02. The second kappa shape index (κ2) is 3.72. The lowest BCUT2D eigenvalue weighted by Crippen LogP contribution is -2.19. The Balaban J connectivity index is 2.47. The summed E-state index contributed by atoms with van der Waals surface area (Å²) >= 11 is 0. The molecule has 3 N–H and O–H groups in total. The van der Waals surface area contributed by atoms with Crippen molar-refractivity contribution in [2.24, 2.45) is 0 Å². The van der Waals surface area contributed by atoms with E-state index in [0.717, 1.165) is 0 Å². The van der Waals surface area contributed by atoms with Gasteiger partial charge in [-0.25, -0.2) is 4.79 Å². The first-order valence-corrected chi connectivity index (χ1v) is 3.24. The van der Waals surface area contributed by atoms with Crippen molar-refractivity contribution in [1.82, 2.24) is 10.5 Å². The second-order valence-electron chi connectivity index (χ2n) is 2.10. The van der Waals surface area contributed by atoms with E-state index in [-0.39, 0.29) is 13.2 Å². The summed E-state index contributed by atoms with van der Waals surface area (Å²) in [7, 11) is 0. The molecule has 0 aliphatic carbocycles. The molecule has 0 saturated heterocycles. The van der Waals surface area contributed by atoms with Crippen LogP contribution in [0, 0.1) is 0 Å². The molecule has 1 aromatic heterocycles. The van der Waals surface area contributed by atoms with Crippen molar-refractivity contribution < 1.29 is 19.5 Å². The molecule has 1 aromatic rings. The zero-order valence-corrected chi connectivity index (χ0v) is 6.15. The Hall–Kier alpha value is -1.56. The summed E-state index contributed by atoms with van der Waals surface area (Å²) in [4.78, 5) is 10.0. The standard InChI is InChI=1S/C6H8N2O4/c9-3-4-1-5(12-8-4)2-7-6(10)11/h1,7,9H,2-3H2,(H,10,11). The lowest BCUT2D eigenvalue weighted by Gasteiger charge is -1.92. The molecule has 0 aromatic carbocycles. The van der Waals surface area contributed by atoms with Crippen LogP contribution >= 0.6 is 0 Å². The molecule has 1 amide bonds. The van der Waals surface area contributed by atoms with Crippen LogP contribution in [0.2, 0.25) is 0 Å². The van der Waals surface area contributed by atoms with Gasteiger partial charge in [0, 0.05) is 6.07 Å². The fourth-order valence-electron chi connectivity index (χ4n) is 0.676. The van der Waals surface area contributed by atoms with Crippen LogP contribution in [0.4, 0.5) is 4.79 Å². The van der Waals surface area contributed by atoms with Crippen LogP contribution in [0.5, 0.6) is 0 Å². The Kier molecular flexibility index (Phi) is 2.65. The van der Waals surface area contributed by atoms with Crippen molar-refractivity contribution in [2.75, 3.05) is 0 Å². The van der Waals surface area contributed by atoms with Gasteiger partial charge in [0.25, 0.3) is 0 Å². The molecule has 6 heteroatoms. The average molecular weight is 172 g/mol. The first-order valence-electron chi connectivity index (χ1n) is 3.24. The van der Waals surface area contributed by atoms with E-state index in [1.165, 1.54) is 6.07 Å². The molecule has 0 atom stereocenters. The summed E-state index contributed by atoms with van der Waals surface area (Å²) < 4.78 is 4.67. The topological polar surface area (TPSA) is 95.6 Å². The monoisotopic (exact) mass is 172 g/mol. The van der Waals surface area contributed by atoms with Gasteiger partial charge in [0.15, 0.2) is 5.76 Å². The van der Waals surface area contributed by atoms with Gasteiger partial charge in [-0.15, -0.1) is 0 Å². The molecule has 0 aliphatic rings. The first-order chi connectivity index (χ1) is 5.72. The molecular weight excluding hydrogens is 164 g/mol. The van der Waals surface area contributed by atoms with E-state index < -0.39 is 6.09 Å². The number of hydrogen-bond donors (Lipinski definition) is 3. The van der Waals surface area contributed by atoms with Crippen LogP contribution in [0.3, 0.4) is 0 Å². The maximum Gasteiger partial charge on any atom is 0.405 e. The summed E-state index contributed by atoms with van der Waals surface area (Å²) in [5, 5.41) is 22.3. The van der Waals surface area contributed by atoms with Crippen LogP contribution in [-0.2, 0) is 13.2 Å². The number of amides is 1. The molecule has 0 bridgehead atoms. The van der Waals surface area contributed by atoms with Gasteiger partial charge in [0.2, 0.25) is 0 Å². The fraction of sp³-hybridized carbons (Fsp3) is 0.333. The quantitative estimate of drug-likeness (QED) is 0.593. The van der Waals surface area contributed by atoms with Gasteiger partial charge in [-0.2, -0.15) is 0 Å². The molecule has 0 unspecified atom stereocenters. The zero-order chi connectivity index (χ0) is 8.97. The van der Waals surface area contributed by atoms with E-state index in [2.05, 4.69) is 15.0 Å². The number of carbonyl (C=O) groups is 1. The third-order valence-electron chi connectivity index (χ3n) is 1.18. The largest absolute Gasteiger partial charge is 0.465 e. The number of carboxylic acid groups (broad SMARTS) is 1. The van der Waals surface area contributed by atoms with Crippen LogP contribution in [-0.4, -0.2) is 21.5 Å². The third-order valence-corrected chi connectivity index (χ3v) is 1.18. The summed E-state index contributed by atoms with van der Waals surface area (Å²) in [6.07, 6.45) is -1.13. The van der Waals surface area contributed by atoms with Gasteiger partial charge < -0.3 is 20.1 Å². The number of nitrogens with one attached hydrogen (secondary N) is 1. The average Bonchev–Trinajstić information content (AvgIpc) is 2.48. The zero-order valence-electron chi connectivity index (χ0n) is 6.15. The van der Waals surface area contributed by atoms with Crippen molar-refractivity contribution in [3.8, 4) is 0 Å². The number of aromatic nitrogens is 1. The first kappa shape index (κ1) is 8.54. The summed E-state index contributed by atoms with van der Waals surface area (Å²) in [6, 6.07) is 1.48. The number of aliphatic hydroxyl groups excluding tert-OH is 1. The minimum Gasteiger partial charge on any atom is -0.465 e. The number of nitrogens with zero attached hydrogens (tertiary/aromatic N) is 1. The Morgan fingerprint density at radius 2 is 2.50 bits per heavy atom. The molecule has 1 heterocycles. The molecule has 0 spiro atoms. The van der Waals surface area contributed by atoms with E-state index >= 15 is 0 Å². The van der Waals surface area contributed by atoms with E-state index in [1.807, 2.05) is 0 Å². The SMILES string of the molecule is O=C(O)NCc1cc(CO)no1. The smallest absolute Gasteiger partial charge is 0.405 e. The summed E-state index contributed by atoms with van der Waals surface area (Å²) in [5.74, 6) is 0.376. The predicted molar refractivity (Wildman–Crippen MR) is 37.3 cm³/mol. The maximum atomic E-state index is 10.0. The van der Waals surface area contributed by atoms with Crippen LogP contribution in [0.1, 0.15) is 11.5 Å². The van der Waals surface area contributed by atoms with Crippen molar-refractivity contribution >= 4 is 6.09 Å². The van der Waals surface area contributed by atoms with Crippen LogP contribution in [0.15, 0.2) is 10.6 Å². The number of aliphatic hydroxyl groups is 1. The molecule has 1 rings (SSSR count). The molecule has 0 aliphatic heterocycles. The van der Waals surface area contributed by atoms with E-state index in [9.17, 15) is 4.79 Å². The lowest BCUT2D eigenvalue weighted by molar-refractivity contribution is 0.192. The Morgan fingerprint density at radius 3 is 3.00 bits per heavy atom. The normalized spacial score (nSPS) is 9.75. The van der Waals surface area contributed by atoms with Crippen molar-refractivity contribution in [1.29, 1.82) is 0 Å². The molecule has 12 heavy (non-hydrogen) atoms. The van der Waals surface area contributed by atoms with Gasteiger partial charge in [0.05, 0.1) is 13.2 Å². The Labute approximate surface area is 67.8 Å². The molecule has 0 saturated carbocycles. The van der Waals surface area contributed by atoms with Crippen molar-refractivity contribution in [3.05, 3.63) is 17.5 Å². The molecule has 66 valence electrons. The second-order valence-corrected chi connectivity index (χ2v) is 2.10. The Morgan fingerprint density at radius 1 is 1.75 bits per heavy atom. The molecule has 6 nitrogen and oxygen atoms in total. The molecular formula is C6H8N2O4. The fourth-order valence-corrected chi connectivity index (χ4v) is 0.676. The van der Waals surface area contributed by atoms with E-state index in [0.29, 0.717) is 11.5 Å². The van der Waals surface area contributed by atoms with Gasteiger partial charge in [0.1, 0.15) is 5.69 Å². The number of hydrogen-bond acceptors (Lipinski definition) is 4. The summed E-state index contributed by atoms with van der Waals surface area (Å²) in [6.45, 7) is -0.154. The maximum absolute atomic E-state index is 10.0. The van der Waals surface area contributed by atoms with Crippen molar-refractivity contribution in [3.63, 3.8) is 0 Å². The molecule has 0 fully saturated rings. The lowest BCUT2D eigenvalue weighted by atomic mass is 10.4. The van der Waals surface area contributed by atoms with Gasteiger partial charge >= 0.3 is 6.09 Å². The molecule has 0 radical (unpaired) electrons.